The van der Waals surface area contributed by atoms with Gasteiger partial charge in [0.05, 0.1) is 21.3 Å². The highest BCUT2D eigenvalue weighted by Gasteiger charge is 2.05. The second-order valence-electron chi connectivity index (χ2n) is 4.49. The minimum atomic E-state index is 0.619. The fraction of sp³-hybridized carbons (Fsp3) is 0.312. The van der Waals surface area contributed by atoms with Crippen molar-refractivity contribution < 1.29 is 14.2 Å². The zero-order valence-corrected chi connectivity index (χ0v) is 12.6. The van der Waals surface area contributed by atoms with E-state index in [1.807, 2.05) is 30.3 Å². The first-order valence-corrected chi connectivity index (χ1v) is 6.67. The third kappa shape index (κ3) is 4.10. The van der Waals surface area contributed by atoms with E-state index in [0.29, 0.717) is 12.4 Å². The first-order chi connectivity index (χ1) is 10.3. The molecule has 2 rings (SSSR count). The van der Waals surface area contributed by atoms with Gasteiger partial charge in [0.25, 0.3) is 0 Å². The van der Waals surface area contributed by atoms with Crippen molar-refractivity contribution in [1.29, 1.82) is 0 Å². The number of aromatic nitrogens is 1. The lowest BCUT2D eigenvalue weighted by Crippen LogP contribution is -2.13. The predicted octanol–water partition coefficient (Wildman–Crippen LogP) is 2.40. The quantitative estimate of drug-likeness (QED) is 0.848. The van der Waals surface area contributed by atoms with Crippen molar-refractivity contribution in [3.8, 4) is 17.4 Å². The number of hydrogen-bond donors (Lipinski definition) is 1. The van der Waals surface area contributed by atoms with Crippen LogP contribution in [-0.4, -0.2) is 26.3 Å². The lowest BCUT2D eigenvalue weighted by molar-refractivity contribution is 0.396. The normalized spacial score (nSPS) is 10.2. The maximum atomic E-state index is 5.35. The van der Waals surface area contributed by atoms with Crippen LogP contribution in [0.5, 0.6) is 17.4 Å². The van der Waals surface area contributed by atoms with Crippen LogP contribution < -0.4 is 19.5 Å². The molecule has 5 nitrogen and oxygen atoms in total. The van der Waals surface area contributed by atoms with Crippen LogP contribution in [0.2, 0.25) is 0 Å². The van der Waals surface area contributed by atoms with Crippen molar-refractivity contribution >= 4 is 0 Å². The van der Waals surface area contributed by atoms with Crippen LogP contribution in [-0.2, 0) is 13.1 Å². The van der Waals surface area contributed by atoms with Gasteiger partial charge in [-0.25, -0.2) is 4.98 Å². The second kappa shape index (κ2) is 7.50. The van der Waals surface area contributed by atoms with Gasteiger partial charge in [-0.15, -0.1) is 0 Å². The summed E-state index contributed by atoms with van der Waals surface area (Å²) in [6.45, 7) is 1.41. The molecule has 0 unspecified atom stereocenters. The van der Waals surface area contributed by atoms with Crippen molar-refractivity contribution in [3.63, 3.8) is 0 Å². The van der Waals surface area contributed by atoms with E-state index in [1.165, 1.54) is 0 Å². The SMILES string of the molecule is COc1ccc(OC)c(CNCc2ccc(OC)nc2)c1. The number of benzene rings is 1. The Balaban J connectivity index is 1.95. The molecule has 5 heteroatoms. The number of nitrogens with zero attached hydrogens (tertiary/aromatic N) is 1. The number of hydrogen-bond acceptors (Lipinski definition) is 5. The largest absolute Gasteiger partial charge is 0.497 e. The molecule has 1 aromatic heterocycles. The van der Waals surface area contributed by atoms with E-state index in [2.05, 4.69) is 10.3 Å². The molecule has 112 valence electrons. The predicted molar refractivity (Wildman–Crippen MR) is 80.9 cm³/mol. The zero-order chi connectivity index (χ0) is 15.1. The summed E-state index contributed by atoms with van der Waals surface area (Å²) < 4.78 is 15.6. The molecule has 0 amide bonds. The highest BCUT2D eigenvalue weighted by Crippen LogP contribution is 2.23. The fourth-order valence-electron chi connectivity index (χ4n) is 2.00. The van der Waals surface area contributed by atoms with E-state index in [9.17, 15) is 0 Å². The molecule has 0 radical (unpaired) electrons. The molecule has 1 aromatic carbocycles. The van der Waals surface area contributed by atoms with Gasteiger partial charge in [-0.2, -0.15) is 0 Å². The molecule has 0 aliphatic carbocycles. The van der Waals surface area contributed by atoms with Gasteiger partial charge in [-0.05, 0) is 23.8 Å². The topological polar surface area (TPSA) is 52.6 Å². The summed E-state index contributed by atoms with van der Waals surface area (Å²) in [4.78, 5) is 4.18. The summed E-state index contributed by atoms with van der Waals surface area (Å²) in [5, 5.41) is 3.37. The van der Waals surface area contributed by atoms with Crippen molar-refractivity contribution in [2.45, 2.75) is 13.1 Å². The third-order valence-corrected chi connectivity index (χ3v) is 3.14. The van der Waals surface area contributed by atoms with E-state index in [0.717, 1.165) is 29.2 Å². The molecule has 0 atom stereocenters. The van der Waals surface area contributed by atoms with Crippen molar-refractivity contribution in [2.75, 3.05) is 21.3 Å². The molecule has 0 aliphatic rings. The molecular weight excluding hydrogens is 268 g/mol. The third-order valence-electron chi connectivity index (χ3n) is 3.14. The van der Waals surface area contributed by atoms with E-state index >= 15 is 0 Å². The van der Waals surface area contributed by atoms with Crippen LogP contribution in [0, 0.1) is 0 Å². The zero-order valence-electron chi connectivity index (χ0n) is 12.6. The van der Waals surface area contributed by atoms with Crippen LogP contribution in [0.1, 0.15) is 11.1 Å². The summed E-state index contributed by atoms with van der Waals surface area (Å²) in [6.07, 6.45) is 1.80. The Morgan fingerprint density at radius 1 is 0.952 bits per heavy atom. The molecule has 0 saturated heterocycles. The number of ether oxygens (including phenoxy) is 3. The van der Waals surface area contributed by atoms with E-state index in [1.54, 1.807) is 27.5 Å². The first-order valence-electron chi connectivity index (χ1n) is 6.67. The molecule has 0 aliphatic heterocycles. The van der Waals surface area contributed by atoms with E-state index in [-0.39, 0.29) is 0 Å². The Kier molecular flexibility index (Phi) is 5.40. The van der Waals surface area contributed by atoms with E-state index < -0.39 is 0 Å². The standard InChI is InChI=1S/C16H20N2O3/c1-19-14-5-6-15(20-2)13(8-14)11-17-9-12-4-7-16(21-3)18-10-12/h4-8,10,17H,9,11H2,1-3H3. The smallest absolute Gasteiger partial charge is 0.212 e. The van der Waals surface area contributed by atoms with Gasteiger partial charge in [0.1, 0.15) is 11.5 Å². The molecule has 21 heavy (non-hydrogen) atoms. The Bertz CT molecular complexity index is 570. The van der Waals surface area contributed by atoms with Gasteiger partial charge in [0.2, 0.25) is 5.88 Å². The van der Waals surface area contributed by atoms with Gasteiger partial charge >= 0.3 is 0 Å². The minimum absolute atomic E-state index is 0.619. The molecule has 1 N–H and O–H groups in total. The van der Waals surface area contributed by atoms with Crippen LogP contribution >= 0.6 is 0 Å². The van der Waals surface area contributed by atoms with Crippen LogP contribution in [0.15, 0.2) is 36.5 Å². The van der Waals surface area contributed by atoms with Gasteiger partial charge in [0.15, 0.2) is 0 Å². The highest BCUT2D eigenvalue weighted by atomic mass is 16.5. The Hall–Kier alpha value is -2.27. The number of rotatable bonds is 7. The summed E-state index contributed by atoms with van der Waals surface area (Å²) in [7, 11) is 4.93. The maximum Gasteiger partial charge on any atom is 0.212 e. The lowest BCUT2D eigenvalue weighted by Gasteiger charge is -2.11. The summed E-state index contributed by atoms with van der Waals surface area (Å²) in [5.74, 6) is 2.28. The number of nitrogens with one attached hydrogen (secondary N) is 1. The summed E-state index contributed by atoms with van der Waals surface area (Å²) in [6, 6.07) is 9.60. The lowest BCUT2D eigenvalue weighted by atomic mass is 10.2. The minimum Gasteiger partial charge on any atom is -0.497 e. The van der Waals surface area contributed by atoms with Crippen molar-refractivity contribution in [1.82, 2.24) is 10.3 Å². The van der Waals surface area contributed by atoms with Crippen molar-refractivity contribution in [2.24, 2.45) is 0 Å². The van der Waals surface area contributed by atoms with Crippen LogP contribution in [0.4, 0.5) is 0 Å². The Labute approximate surface area is 124 Å². The molecule has 0 saturated carbocycles. The average molecular weight is 288 g/mol. The molecule has 2 aromatic rings. The molecule has 0 bridgehead atoms. The van der Waals surface area contributed by atoms with Crippen LogP contribution in [0.25, 0.3) is 0 Å². The van der Waals surface area contributed by atoms with Crippen LogP contribution in [0.3, 0.4) is 0 Å². The second-order valence-corrected chi connectivity index (χ2v) is 4.49. The Morgan fingerprint density at radius 3 is 2.43 bits per heavy atom. The monoisotopic (exact) mass is 288 g/mol. The maximum absolute atomic E-state index is 5.35. The molecule has 0 spiro atoms. The van der Waals surface area contributed by atoms with Gasteiger partial charge in [0, 0.05) is 30.9 Å². The summed E-state index contributed by atoms with van der Waals surface area (Å²) in [5.41, 5.74) is 2.15. The van der Waals surface area contributed by atoms with Gasteiger partial charge in [-0.3, -0.25) is 0 Å². The van der Waals surface area contributed by atoms with Gasteiger partial charge < -0.3 is 19.5 Å². The Morgan fingerprint density at radius 2 is 1.81 bits per heavy atom. The first kappa shape index (κ1) is 15.1. The number of pyridine rings is 1. The molecular formula is C16H20N2O3. The highest BCUT2D eigenvalue weighted by molar-refractivity contribution is 5.40. The van der Waals surface area contributed by atoms with Crippen molar-refractivity contribution in [3.05, 3.63) is 47.7 Å². The average Bonchev–Trinajstić information content (AvgIpc) is 2.55. The summed E-state index contributed by atoms with van der Waals surface area (Å²) >= 11 is 0. The molecule has 0 fully saturated rings. The van der Waals surface area contributed by atoms with E-state index in [4.69, 9.17) is 14.2 Å². The number of methoxy groups -OCH3 is 3. The van der Waals surface area contributed by atoms with Gasteiger partial charge in [-0.1, -0.05) is 6.07 Å². The fourth-order valence-corrected chi connectivity index (χ4v) is 2.00. The molecule has 1 heterocycles.